The van der Waals surface area contributed by atoms with Crippen molar-refractivity contribution in [2.24, 2.45) is 0 Å². The summed E-state index contributed by atoms with van der Waals surface area (Å²) in [7, 11) is -4.58. The average Bonchev–Trinajstić information content (AvgIpc) is 2.48. The van der Waals surface area contributed by atoms with E-state index in [2.05, 4.69) is 16.4 Å². The van der Waals surface area contributed by atoms with Gasteiger partial charge in [0.1, 0.15) is 0 Å². The van der Waals surface area contributed by atoms with E-state index >= 15 is 0 Å². The van der Waals surface area contributed by atoms with E-state index in [0.717, 1.165) is 25.7 Å². The molecule has 23 heavy (non-hydrogen) atoms. The minimum absolute atomic E-state index is 0.0812. The molecule has 0 saturated heterocycles. The van der Waals surface area contributed by atoms with E-state index in [1.54, 1.807) is 0 Å². The van der Waals surface area contributed by atoms with Crippen molar-refractivity contribution in [1.82, 2.24) is 5.32 Å². The van der Waals surface area contributed by atoms with Gasteiger partial charge >= 0.3 is 7.82 Å². The second kappa shape index (κ2) is 13.7. The van der Waals surface area contributed by atoms with Crippen LogP contribution in [0.1, 0.15) is 57.8 Å². The van der Waals surface area contributed by atoms with Gasteiger partial charge in [0, 0.05) is 13.0 Å². The number of unbranched alkanes of at least 4 members (excludes halogenated alkanes) is 7. The number of amides is 1. The number of hydrogen-bond acceptors (Lipinski definition) is 4. The van der Waals surface area contributed by atoms with Crippen molar-refractivity contribution in [2.75, 3.05) is 13.2 Å². The van der Waals surface area contributed by atoms with Crippen LogP contribution in [0.4, 0.5) is 0 Å². The summed E-state index contributed by atoms with van der Waals surface area (Å²) in [6.07, 6.45) is 9.99. The molecule has 7 nitrogen and oxygen atoms in total. The second-order valence-corrected chi connectivity index (χ2v) is 6.79. The number of phosphoric ester groups is 1. The summed E-state index contributed by atoms with van der Waals surface area (Å²) in [4.78, 5) is 28.5. The van der Waals surface area contributed by atoms with Gasteiger partial charge in [-0.2, -0.15) is 0 Å². The van der Waals surface area contributed by atoms with Crippen molar-refractivity contribution in [3.63, 3.8) is 0 Å². The van der Waals surface area contributed by atoms with E-state index in [1.807, 2.05) is 6.08 Å². The molecule has 1 unspecified atom stereocenters. The van der Waals surface area contributed by atoms with Crippen LogP contribution in [0.25, 0.3) is 0 Å². The van der Waals surface area contributed by atoms with Gasteiger partial charge in [-0.25, -0.2) is 4.57 Å². The van der Waals surface area contributed by atoms with Crippen LogP contribution in [0.15, 0.2) is 12.7 Å². The molecule has 4 N–H and O–H groups in total. The quantitative estimate of drug-likeness (QED) is 0.204. The molecule has 0 aromatic rings. The Bertz CT molecular complexity index is 371. The summed E-state index contributed by atoms with van der Waals surface area (Å²) >= 11 is 0. The highest BCUT2D eigenvalue weighted by Gasteiger charge is 2.17. The second-order valence-electron chi connectivity index (χ2n) is 5.55. The molecule has 0 bridgehead atoms. The maximum absolute atomic E-state index is 11.5. The predicted octanol–water partition coefficient (Wildman–Crippen LogP) is 2.27. The monoisotopic (exact) mass is 351 g/mol. The topological polar surface area (TPSA) is 116 Å². The maximum Gasteiger partial charge on any atom is 0.469 e. The van der Waals surface area contributed by atoms with Gasteiger partial charge in [0.2, 0.25) is 5.91 Å². The predicted molar refractivity (Wildman–Crippen MR) is 88.8 cm³/mol. The lowest BCUT2D eigenvalue weighted by Gasteiger charge is -2.12. The van der Waals surface area contributed by atoms with Crippen LogP contribution in [-0.2, 0) is 13.9 Å². The number of hydrogen-bond donors (Lipinski definition) is 4. The summed E-state index contributed by atoms with van der Waals surface area (Å²) in [6.45, 7) is 3.09. The summed E-state index contributed by atoms with van der Waals surface area (Å²) < 4.78 is 14.6. The highest BCUT2D eigenvalue weighted by atomic mass is 31.2. The van der Waals surface area contributed by atoms with Crippen LogP contribution in [0.3, 0.4) is 0 Å². The van der Waals surface area contributed by atoms with Gasteiger partial charge in [-0.1, -0.05) is 38.2 Å². The van der Waals surface area contributed by atoms with Crippen molar-refractivity contribution in [3.05, 3.63) is 12.7 Å². The third kappa shape index (κ3) is 17.5. The smallest absolute Gasteiger partial charge is 0.389 e. The number of rotatable bonds is 15. The van der Waals surface area contributed by atoms with Crippen LogP contribution in [0.5, 0.6) is 0 Å². The first-order valence-corrected chi connectivity index (χ1v) is 9.64. The van der Waals surface area contributed by atoms with Crippen molar-refractivity contribution in [1.29, 1.82) is 0 Å². The van der Waals surface area contributed by atoms with Gasteiger partial charge in [-0.05, 0) is 19.3 Å². The molecule has 0 rings (SSSR count). The van der Waals surface area contributed by atoms with Crippen LogP contribution >= 0.6 is 7.82 Å². The first-order valence-electron chi connectivity index (χ1n) is 8.11. The molecule has 0 aliphatic carbocycles. The lowest BCUT2D eigenvalue weighted by molar-refractivity contribution is -0.121. The van der Waals surface area contributed by atoms with Crippen LogP contribution in [0, 0.1) is 0 Å². The zero-order chi connectivity index (χ0) is 17.6. The normalized spacial score (nSPS) is 12.8. The highest BCUT2D eigenvalue weighted by molar-refractivity contribution is 7.46. The van der Waals surface area contributed by atoms with Gasteiger partial charge in [-0.15, -0.1) is 6.58 Å². The molecule has 0 aliphatic rings. The summed E-state index contributed by atoms with van der Waals surface area (Å²) in [6, 6.07) is 0. The Morgan fingerprint density at radius 1 is 1.13 bits per heavy atom. The van der Waals surface area contributed by atoms with Crippen molar-refractivity contribution in [2.45, 2.75) is 63.9 Å². The Balaban J connectivity index is 3.43. The van der Waals surface area contributed by atoms with Crippen LogP contribution < -0.4 is 5.32 Å². The third-order valence-corrected chi connectivity index (χ3v) is 3.77. The number of carbonyl (C=O) groups is 1. The van der Waals surface area contributed by atoms with E-state index in [1.165, 1.54) is 25.7 Å². The molecule has 0 aliphatic heterocycles. The van der Waals surface area contributed by atoms with E-state index in [4.69, 9.17) is 9.79 Å². The fourth-order valence-corrected chi connectivity index (χ4v) is 2.39. The standard InChI is InChI=1S/C15H30NO6P/c1-2-3-4-5-6-7-8-9-10-11-15(18)16-12-14(17)13-22-23(19,20)21/h2,14,17H,1,3-13H2,(H,16,18)(H2,19,20,21). The molecule has 0 spiro atoms. The van der Waals surface area contributed by atoms with Gasteiger partial charge < -0.3 is 20.2 Å². The van der Waals surface area contributed by atoms with E-state index in [9.17, 15) is 14.5 Å². The van der Waals surface area contributed by atoms with Gasteiger partial charge in [0.15, 0.2) is 0 Å². The van der Waals surface area contributed by atoms with Crippen molar-refractivity contribution >= 4 is 13.7 Å². The Kier molecular flexibility index (Phi) is 13.3. The van der Waals surface area contributed by atoms with Crippen LogP contribution in [-0.4, -0.2) is 40.1 Å². The minimum atomic E-state index is -4.58. The molecule has 1 atom stereocenters. The lowest BCUT2D eigenvalue weighted by atomic mass is 10.1. The SMILES string of the molecule is C=CCCCCCCCCCC(=O)NCC(O)COP(=O)(O)O. The number of carbonyl (C=O) groups excluding carboxylic acids is 1. The number of phosphoric acid groups is 1. The molecular weight excluding hydrogens is 321 g/mol. The third-order valence-electron chi connectivity index (χ3n) is 3.28. The molecule has 0 saturated carbocycles. The maximum atomic E-state index is 11.5. The zero-order valence-corrected chi connectivity index (χ0v) is 14.5. The molecule has 0 aromatic carbocycles. The molecule has 136 valence electrons. The Morgan fingerprint density at radius 3 is 2.26 bits per heavy atom. The minimum Gasteiger partial charge on any atom is -0.389 e. The molecule has 8 heteroatoms. The molecule has 0 aromatic heterocycles. The lowest BCUT2D eigenvalue weighted by Crippen LogP contribution is -2.34. The Morgan fingerprint density at radius 2 is 1.70 bits per heavy atom. The van der Waals surface area contributed by atoms with Gasteiger partial charge in [0.25, 0.3) is 0 Å². The van der Waals surface area contributed by atoms with E-state index in [0.29, 0.717) is 6.42 Å². The van der Waals surface area contributed by atoms with Gasteiger partial charge in [0.05, 0.1) is 12.7 Å². The first kappa shape index (κ1) is 22.3. The molecule has 1 amide bonds. The molecular formula is C15H30NO6P. The highest BCUT2D eigenvalue weighted by Crippen LogP contribution is 2.35. The van der Waals surface area contributed by atoms with Crippen molar-refractivity contribution in [3.8, 4) is 0 Å². The molecule has 0 radical (unpaired) electrons. The van der Waals surface area contributed by atoms with Gasteiger partial charge in [-0.3, -0.25) is 9.32 Å². The van der Waals surface area contributed by atoms with Crippen LogP contribution in [0.2, 0.25) is 0 Å². The van der Waals surface area contributed by atoms with E-state index < -0.39 is 20.5 Å². The fraction of sp³-hybridized carbons (Fsp3) is 0.800. The Labute approximate surface area is 138 Å². The van der Waals surface area contributed by atoms with Crippen molar-refractivity contribution < 1.29 is 28.8 Å². The zero-order valence-electron chi connectivity index (χ0n) is 13.7. The largest absolute Gasteiger partial charge is 0.469 e. The number of aliphatic hydroxyl groups excluding tert-OH is 1. The molecule has 0 fully saturated rings. The summed E-state index contributed by atoms with van der Waals surface area (Å²) in [5.41, 5.74) is 0. The Hall–Kier alpha value is -0.720. The number of allylic oxidation sites excluding steroid dienone is 1. The number of aliphatic hydroxyl groups is 1. The molecule has 0 heterocycles. The average molecular weight is 351 g/mol. The number of nitrogens with one attached hydrogen (secondary N) is 1. The first-order chi connectivity index (χ1) is 10.8. The van der Waals surface area contributed by atoms with E-state index in [-0.39, 0.29) is 12.5 Å². The summed E-state index contributed by atoms with van der Waals surface area (Å²) in [5.74, 6) is -0.175. The fourth-order valence-electron chi connectivity index (χ4n) is 2.02. The summed E-state index contributed by atoms with van der Waals surface area (Å²) in [5, 5.41) is 11.9.